The van der Waals surface area contributed by atoms with Gasteiger partial charge >= 0.3 is 54.9 Å². The van der Waals surface area contributed by atoms with Crippen LogP contribution < -0.4 is 0 Å². The van der Waals surface area contributed by atoms with E-state index in [1.54, 1.807) is 6.92 Å². The van der Waals surface area contributed by atoms with Crippen LogP contribution in [-0.2, 0) is 4.79 Å². The molecule has 0 aliphatic carbocycles. The van der Waals surface area contributed by atoms with Gasteiger partial charge in [0.15, 0.2) is 0 Å². The number of hydrogen-bond acceptors (Lipinski definition) is 1. The first-order valence-corrected chi connectivity index (χ1v) is 2.91. The van der Waals surface area contributed by atoms with E-state index in [1.165, 1.54) is 0 Å². The first-order valence-electron chi connectivity index (χ1n) is 2.91. The van der Waals surface area contributed by atoms with E-state index in [0.29, 0.717) is 0 Å². The molecule has 0 aliphatic rings. The van der Waals surface area contributed by atoms with E-state index in [4.69, 9.17) is 5.11 Å². The van der Waals surface area contributed by atoms with Crippen LogP contribution >= 0.6 is 0 Å². The molecule has 0 spiro atoms. The zero-order valence-electron chi connectivity index (χ0n) is 8.05. The van der Waals surface area contributed by atoms with Gasteiger partial charge in [0.2, 0.25) is 0 Å². The normalized spacial score (nSPS) is 11.8. The molecule has 1 N–H and O–H groups in total. The fraction of sp³-hybridized carbons (Fsp3) is 0.833. The van der Waals surface area contributed by atoms with Crippen LogP contribution in [0.25, 0.3) is 0 Å². The van der Waals surface area contributed by atoms with Gasteiger partial charge in [-0.15, -0.1) is 0 Å². The molecule has 0 bridgehead atoms. The maximum Gasteiger partial charge on any atom is 2.00 e. The summed E-state index contributed by atoms with van der Waals surface area (Å²) in [7, 11) is 0. The Hall–Kier alpha value is 1.04. The molecule has 0 aromatic carbocycles. The predicted octanol–water partition coefficient (Wildman–Crippen LogP) is 1.35. The molecule has 0 radical (unpaired) electrons. The van der Waals surface area contributed by atoms with Gasteiger partial charge in [-0.3, -0.25) is 4.79 Å². The molecule has 0 amide bonds. The molecule has 1 atom stereocenters. The van der Waals surface area contributed by atoms with Crippen molar-refractivity contribution in [2.75, 3.05) is 0 Å². The predicted molar refractivity (Wildman–Crippen MR) is 39.7 cm³/mol. The first kappa shape index (κ1) is 12.7. The van der Waals surface area contributed by atoms with Gasteiger partial charge in [0, 0.05) is 0 Å². The number of carbonyl (C=O) groups is 1. The summed E-state index contributed by atoms with van der Waals surface area (Å²) >= 11 is 0. The fourth-order valence-corrected chi connectivity index (χ4v) is 0.556. The molecule has 0 rings (SSSR count). The van der Waals surface area contributed by atoms with E-state index >= 15 is 0 Å². The van der Waals surface area contributed by atoms with Crippen molar-refractivity contribution in [2.45, 2.75) is 26.7 Å². The molecule has 1 unspecified atom stereocenters. The van der Waals surface area contributed by atoms with Crippen LogP contribution in [0.3, 0.4) is 0 Å². The Morgan fingerprint density at radius 1 is 1.78 bits per heavy atom. The van der Waals surface area contributed by atoms with Crippen molar-refractivity contribution >= 4 is 54.9 Å². The summed E-state index contributed by atoms with van der Waals surface area (Å²) in [4.78, 5) is 10.1. The van der Waals surface area contributed by atoms with Gasteiger partial charge in [0.05, 0.1) is 5.92 Å². The van der Waals surface area contributed by atoms with Gasteiger partial charge in [-0.1, -0.05) is 20.3 Å². The molecule has 9 heavy (non-hydrogen) atoms. The number of carboxylic acids is 1. The van der Waals surface area contributed by atoms with Crippen molar-refractivity contribution in [2.24, 2.45) is 5.92 Å². The van der Waals surface area contributed by atoms with Crippen LogP contribution in [-0.4, -0.2) is 60.0 Å². The Bertz CT molecular complexity index is 90.7. The van der Waals surface area contributed by atoms with Crippen molar-refractivity contribution in [3.05, 3.63) is 0 Å². The smallest absolute Gasteiger partial charge is 1.00 e. The third-order valence-electron chi connectivity index (χ3n) is 1.14. The molecule has 0 aliphatic heterocycles. The standard InChI is InChI=1S/C6H12O2.Ba.2H/c1-3-4-5(2)6(7)8;;;/h5H,3-4H2,1-2H3,(H,7,8);;;/q;+2;2*-1. The van der Waals surface area contributed by atoms with Gasteiger partial charge in [-0.2, -0.15) is 0 Å². The van der Waals surface area contributed by atoms with Crippen LogP contribution in [0.15, 0.2) is 0 Å². The SMILES string of the molecule is CCCC(C)C(=O)O.[Ba+2].[H-].[H-]. The summed E-state index contributed by atoms with van der Waals surface area (Å²) < 4.78 is 0. The second kappa shape index (κ2) is 7.15. The number of rotatable bonds is 3. The van der Waals surface area contributed by atoms with E-state index in [9.17, 15) is 4.79 Å². The average molecular weight is 256 g/mol. The zero-order valence-corrected chi connectivity index (χ0v) is 10.5. The summed E-state index contributed by atoms with van der Waals surface area (Å²) in [5.41, 5.74) is 0. The van der Waals surface area contributed by atoms with E-state index in [-0.39, 0.29) is 57.7 Å². The average Bonchev–Trinajstić information content (AvgIpc) is 1.67. The summed E-state index contributed by atoms with van der Waals surface area (Å²) in [6, 6.07) is 0. The molecule has 0 aromatic rings. The maximum absolute atomic E-state index is 10.1. The van der Waals surface area contributed by atoms with E-state index in [1.807, 2.05) is 6.92 Å². The van der Waals surface area contributed by atoms with E-state index < -0.39 is 5.97 Å². The summed E-state index contributed by atoms with van der Waals surface area (Å²) in [5, 5.41) is 8.31. The largest absolute Gasteiger partial charge is 2.00 e. The second-order valence-corrected chi connectivity index (χ2v) is 2.03. The van der Waals surface area contributed by atoms with Crippen LogP contribution in [0.5, 0.6) is 0 Å². The second-order valence-electron chi connectivity index (χ2n) is 2.03. The van der Waals surface area contributed by atoms with Crippen LogP contribution in [0.1, 0.15) is 29.5 Å². The quantitative estimate of drug-likeness (QED) is 0.773. The van der Waals surface area contributed by atoms with Crippen molar-refractivity contribution in [1.82, 2.24) is 0 Å². The van der Waals surface area contributed by atoms with E-state index in [2.05, 4.69) is 0 Å². The Labute approximate surface area is 99.1 Å². The Kier molecular flexibility index (Phi) is 10.1. The minimum absolute atomic E-state index is 0. The molecule has 0 fully saturated rings. The monoisotopic (exact) mass is 256 g/mol. The molecular weight excluding hydrogens is 241 g/mol. The van der Waals surface area contributed by atoms with Gasteiger partial charge in [-0.25, -0.2) is 0 Å². The van der Waals surface area contributed by atoms with Gasteiger partial charge in [0.25, 0.3) is 0 Å². The summed E-state index contributed by atoms with van der Waals surface area (Å²) in [6.07, 6.45) is 1.74. The van der Waals surface area contributed by atoms with E-state index in [0.717, 1.165) is 12.8 Å². The Morgan fingerprint density at radius 2 is 2.22 bits per heavy atom. The van der Waals surface area contributed by atoms with Gasteiger partial charge in [-0.05, 0) is 6.42 Å². The summed E-state index contributed by atoms with van der Waals surface area (Å²) in [5.74, 6) is -0.855. The van der Waals surface area contributed by atoms with Crippen molar-refractivity contribution < 1.29 is 12.8 Å². The van der Waals surface area contributed by atoms with Crippen LogP contribution in [0, 0.1) is 5.92 Å². The van der Waals surface area contributed by atoms with Gasteiger partial charge in [0.1, 0.15) is 0 Å². The van der Waals surface area contributed by atoms with Crippen LogP contribution in [0.2, 0.25) is 0 Å². The fourth-order valence-electron chi connectivity index (χ4n) is 0.556. The minimum atomic E-state index is -0.688. The molecular formula is C6H14BaO2. The molecule has 0 saturated carbocycles. The Balaban J connectivity index is -0.0000000817. The number of carboxylic acid groups (broad SMARTS) is 1. The molecule has 0 heterocycles. The summed E-state index contributed by atoms with van der Waals surface area (Å²) in [6.45, 7) is 3.71. The number of aliphatic carboxylic acids is 1. The first-order chi connectivity index (χ1) is 3.68. The van der Waals surface area contributed by atoms with Gasteiger partial charge < -0.3 is 7.96 Å². The molecule has 0 saturated heterocycles. The third kappa shape index (κ3) is 6.93. The van der Waals surface area contributed by atoms with Crippen molar-refractivity contribution in [3.63, 3.8) is 0 Å². The number of hydrogen-bond donors (Lipinski definition) is 1. The van der Waals surface area contributed by atoms with Crippen molar-refractivity contribution in [3.8, 4) is 0 Å². The molecule has 52 valence electrons. The maximum atomic E-state index is 10.1. The molecule has 3 heteroatoms. The minimum Gasteiger partial charge on any atom is -1.00 e. The van der Waals surface area contributed by atoms with Crippen molar-refractivity contribution in [1.29, 1.82) is 0 Å². The molecule has 2 nitrogen and oxygen atoms in total. The molecule has 0 aromatic heterocycles. The Morgan fingerprint density at radius 3 is 2.33 bits per heavy atom. The van der Waals surface area contributed by atoms with Crippen LogP contribution in [0.4, 0.5) is 0 Å². The zero-order chi connectivity index (χ0) is 6.57. The third-order valence-corrected chi connectivity index (χ3v) is 1.14. The topological polar surface area (TPSA) is 37.3 Å².